The first-order chi connectivity index (χ1) is 13.8. The number of benzene rings is 2. The van der Waals surface area contributed by atoms with Crippen LogP contribution in [0.5, 0.6) is 5.75 Å². The third-order valence-corrected chi connectivity index (χ3v) is 4.13. The fourth-order valence-electron chi connectivity index (χ4n) is 2.43. The van der Waals surface area contributed by atoms with Crippen molar-refractivity contribution in [1.82, 2.24) is 9.55 Å². The van der Waals surface area contributed by atoms with Crippen molar-refractivity contribution in [1.29, 1.82) is 0 Å². The zero-order valence-corrected chi connectivity index (χ0v) is 16.6. The molecule has 1 heterocycles. The van der Waals surface area contributed by atoms with Crippen LogP contribution in [0.3, 0.4) is 0 Å². The number of carbonyl (C=O) groups is 2. The van der Waals surface area contributed by atoms with E-state index in [0.717, 1.165) is 33.5 Å². The van der Waals surface area contributed by atoms with Crippen LogP contribution in [0.4, 0.5) is 5.95 Å². The molecule has 0 amide bonds. The Morgan fingerprint density at radius 1 is 1.14 bits per heavy atom. The molecular formula is C20H20ClN3O5. The molecule has 152 valence electrons. The van der Waals surface area contributed by atoms with Crippen LogP contribution in [0.25, 0.3) is 11.3 Å². The highest BCUT2D eigenvalue weighted by Gasteiger charge is 2.08. The number of ether oxygens (including phenoxy) is 1. The number of rotatable bonds is 5. The molecule has 0 aliphatic rings. The second-order valence-electron chi connectivity index (χ2n) is 5.85. The van der Waals surface area contributed by atoms with Gasteiger partial charge in [-0.25, -0.2) is 14.6 Å². The summed E-state index contributed by atoms with van der Waals surface area (Å²) in [5.74, 6) is -1.99. The molecule has 0 fully saturated rings. The lowest BCUT2D eigenvalue weighted by Gasteiger charge is -2.09. The molecule has 9 heteroatoms. The van der Waals surface area contributed by atoms with Gasteiger partial charge in [-0.1, -0.05) is 23.7 Å². The van der Waals surface area contributed by atoms with Gasteiger partial charge in [-0.05, 0) is 42.0 Å². The van der Waals surface area contributed by atoms with Crippen LogP contribution in [0.1, 0.15) is 5.56 Å². The van der Waals surface area contributed by atoms with E-state index in [4.69, 9.17) is 36.1 Å². The summed E-state index contributed by atoms with van der Waals surface area (Å²) in [5.41, 5.74) is 3.25. The van der Waals surface area contributed by atoms with Crippen molar-refractivity contribution < 1.29 is 24.5 Å². The van der Waals surface area contributed by atoms with Crippen LogP contribution in [0.15, 0.2) is 54.7 Å². The highest BCUT2D eigenvalue weighted by molar-refractivity contribution is 6.30. The standard InChI is InChI=1S/C18H18ClN3O.C2H2O4/c1-22-17(14-6-8-16(23-2)9-7-14)12-21-18(22)20-11-13-4-3-5-15(19)10-13;3-1(4)2(5)6/h3-10,12H,11H2,1-2H3,(H,20,21);(H,3,4)(H,5,6). The maximum absolute atomic E-state index is 9.10. The van der Waals surface area contributed by atoms with Crippen LogP contribution < -0.4 is 10.1 Å². The molecule has 8 nitrogen and oxygen atoms in total. The average Bonchev–Trinajstić information content (AvgIpc) is 3.07. The van der Waals surface area contributed by atoms with Crippen LogP contribution in [0.2, 0.25) is 5.02 Å². The maximum Gasteiger partial charge on any atom is 0.414 e. The number of carboxylic acids is 2. The lowest BCUT2D eigenvalue weighted by atomic mass is 10.1. The van der Waals surface area contributed by atoms with E-state index in [9.17, 15) is 0 Å². The van der Waals surface area contributed by atoms with Crippen molar-refractivity contribution >= 4 is 29.5 Å². The number of methoxy groups -OCH3 is 1. The topological polar surface area (TPSA) is 114 Å². The van der Waals surface area contributed by atoms with E-state index in [2.05, 4.69) is 10.3 Å². The van der Waals surface area contributed by atoms with Gasteiger partial charge in [0.1, 0.15) is 5.75 Å². The molecule has 0 aliphatic heterocycles. The summed E-state index contributed by atoms with van der Waals surface area (Å²) < 4.78 is 7.23. The average molecular weight is 418 g/mol. The second kappa shape index (κ2) is 10.1. The Bertz CT molecular complexity index is 974. The summed E-state index contributed by atoms with van der Waals surface area (Å²) in [6, 6.07) is 15.7. The van der Waals surface area contributed by atoms with Gasteiger partial charge >= 0.3 is 11.9 Å². The number of anilines is 1. The smallest absolute Gasteiger partial charge is 0.414 e. The fourth-order valence-corrected chi connectivity index (χ4v) is 2.64. The van der Waals surface area contributed by atoms with Crippen molar-refractivity contribution in [3.63, 3.8) is 0 Å². The van der Waals surface area contributed by atoms with Gasteiger partial charge in [-0.15, -0.1) is 0 Å². The van der Waals surface area contributed by atoms with Crippen molar-refractivity contribution in [2.24, 2.45) is 7.05 Å². The third kappa shape index (κ3) is 6.25. The molecule has 0 radical (unpaired) electrons. The van der Waals surface area contributed by atoms with E-state index >= 15 is 0 Å². The molecule has 29 heavy (non-hydrogen) atoms. The Balaban J connectivity index is 0.000000438. The molecule has 0 saturated carbocycles. The first kappa shape index (κ1) is 21.8. The monoisotopic (exact) mass is 417 g/mol. The molecule has 0 spiro atoms. The third-order valence-electron chi connectivity index (χ3n) is 3.90. The molecule has 0 aliphatic carbocycles. The summed E-state index contributed by atoms with van der Waals surface area (Å²) >= 11 is 6.01. The summed E-state index contributed by atoms with van der Waals surface area (Å²) in [6.07, 6.45) is 1.86. The minimum Gasteiger partial charge on any atom is -0.497 e. The van der Waals surface area contributed by atoms with E-state index in [1.54, 1.807) is 7.11 Å². The molecule has 0 unspecified atom stereocenters. The number of nitrogens with one attached hydrogen (secondary N) is 1. The second-order valence-corrected chi connectivity index (χ2v) is 6.28. The Morgan fingerprint density at radius 3 is 2.34 bits per heavy atom. The predicted molar refractivity (Wildman–Crippen MR) is 109 cm³/mol. The quantitative estimate of drug-likeness (QED) is 0.544. The highest BCUT2D eigenvalue weighted by atomic mass is 35.5. The molecule has 3 rings (SSSR count). The number of aliphatic carboxylic acids is 2. The normalized spacial score (nSPS) is 9.90. The van der Waals surface area contributed by atoms with Crippen LogP contribution in [-0.4, -0.2) is 38.8 Å². The Morgan fingerprint density at radius 2 is 1.79 bits per heavy atom. The van der Waals surface area contributed by atoms with Gasteiger partial charge in [0.15, 0.2) is 0 Å². The Hall–Kier alpha value is -3.52. The van der Waals surface area contributed by atoms with Gasteiger partial charge in [0.05, 0.1) is 19.0 Å². The molecular weight excluding hydrogens is 398 g/mol. The molecule has 0 bridgehead atoms. The van der Waals surface area contributed by atoms with Gasteiger partial charge in [-0.3, -0.25) is 0 Å². The lowest BCUT2D eigenvalue weighted by Crippen LogP contribution is -2.09. The van der Waals surface area contributed by atoms with Gasteiger partial charge < -0.3 is 24.8 Å². The summed E-state index contributed by atoms with van der Waals surface area (Å²) in [7, 11) is 3.66. The van der Waals surface area contributed by atoms with E-state index in [1.807, 2.05) is 66.3 Å². The molecule has 3 N–H and O–H groups in total. The maximum atomic E-state index is 9.10. The predicted octanol–water partition coefficient (Wildman–Crippen LogP) is 3.52. The first-order valence-electron chi connectivity index (χ1n) is 8.42. The van der Waals surface area contributed by atoms with Crippen LogP contribution >= 0.6 is 11.6 Å². The number of hydrogen-bond donors (Lipinski definition) is 3. The largest absolute Gasteiger partial charge is 0.497 e. The Kier molecular flexibility index (Phi) is 7.62. The minimum atomic E-state index is -1.82. The molecule has 1 aromatic heterocycles. The number of nitrogens with zero attached hydrogens (tertiary/aromatic N) is 2. The van der Waals surface area contributed by atoms with Gasteiger partial charge in [0, 0.05) is 24.2 Å². The van der Waals surface area contributed by atoms with E-state index in [0.29, 0.717) is 6.54 Å². The summed E-state index contributed by atoms with van der Waals surface area (Å²) in [4.78, 5) is 22.7. The van der Waals surface area contributed by atoms with Gasteiger partial charge in [0.25, 0.3) is 0 Å². The van der Waals surface area contributed by atoms with Crippen LogP contribution in [-0.2, 0) is 23.2 Å². The van der Waals surface area contributed by atoms with Crippen molar-refractivity contribution in [2.75, 3.05) is 12.4 Å². The molecule has 0 saturated heterocycles. The van der Waals surface area contributed by atoms with E-state index in [1.165, 1.54) is 0 Å². The van der Waals surface area contributed by atoms with Crippen molar-refractivity contribution in [3.8, 4) is 17.0 Å². The minimum absolute atomic E-state index is 0.674. The zero-order valence-electron chi connectivity index (χ0n) is 15.8. The summed E-state index contributed by atoms with van der Waals surface area (Å²) in [5, 5.41) is 18.9. The zero-order chi connectivity index (χ0) is 21.4. The SMILES string of the molecule is COc1ccc(-c2cnc(NCc3cccc(Cl)c3)n2C)cc1.O=C(O)C(=O)O. The number of carboxylic acid groups (broad SMARTS) is 2. The Labute approximate surface area is 172 Å². The van der Waals surface area contributed by atoms with Gasteiger partial charge in [-0.2, -0.15) is 0 Å². The molecule has 0 atom stereocenters. The lowest BCUT2D eigenvalue weighted by molar-refractivity contribution is -0.159. The van der Waals surface area contributed by atoms with Crippen molar-refractivity contribution in [3.05, 3.63) is 65.3 Å². The first-order valence-corrected chi connectivity index (χ1v) is 8.80. The molecule has 2 aromatic carbocycles. The van der Waals surface area contributed by atoms with E-state index in [-0.39, 0.29) is 0 Å². The fraction of sp³-hybridized carbons (Fsp3) is 0.150. The van der Waals surface area contributed by atoms with Gasteiger partial charge in [0.2, 0.25) is 5.95 Å². The highest BCUT2D eigenvalue weighted by Crippen LogP contribution is 2.24. The number of imidazole rings is 1. The van der Waals surface area contributed by atoms with Crippen LogP contribution in [0, 0.1) is 0 Å². The number of halogens is 1. The molecule has 3 aromatic rings. The summed E-state index contributed by atoms with van der Waals surface area (Å²) in [6.45, 7) is 0.674. The van der Waals surface area contributed by atoms with Crippen molar-refractivity contribution in [2.45, 2.75) is 6.54 Å². The number of aromatic nitrogens is 2. The van der Waals surface area contributed by atoms with E-state index < -0.39 is 11.9 Å². The number of hydrogen-bond acceptors (Lipinski definition) is 5.